The van der Waals surface area contributed by atoms with Crippen molar-refractivity contribution in [3.05, 3.63) is 65.2 Å². The average Bonchev–Trinajstić information content (AvgIpc) is 3.27. The van der Waals surface area contributed by atoms with E-state index in [2.05, 4.69) is 20.2 Å². The molecule has 2 aromatic heterocycles. The van der Waals surface area contributed by atoms with Gasteiger partial charge in [0, 0.05) is 5.75 Å². The van der Waals surface area contributed by atoms with E-state index in [9.17, 15) is 4.79 Å². The molecule has 0 atom stereocenters. The Labute approximate surface area is 170 Å². The standard InChI is InChI=1S/C20H19N5O3S/c1-2-27-14-7-9-15(10-8-14)28-11-12-29-20-23-17-6-4-3-5-16(17)18(26)25(20)19-21-13-22-24-19/h3-10,13H,2,11-12H2,1H3,(H,21,22,24). The second-order valence-corrected chi connectivity index (χ2v) is 7.02. The molecule has 8 nitrogen and oxygen atoms in total. The molecule has 0 bridgehead atoms. The zero-order valence-corrected chi connectivity index (χ0v) is 16.6. The highest BCUT2D eigenvalue weighted by Gasteiger charge is 2.15. The average molecular weight is 409 g/mol. The highest BCUT2D eigenvalue weighted by Crippen LogP contribution is 2.21. The molecular weight excluding hydrogens is 390 g/mol. The van der Waals surface area contributed by atoms with Crippen LogP contribution in [0.1, 0.15) is 6.92 Å². The fourth-order valence-corrected chi connectivity index (χ4v) is 3.60. The lowest BCUT2D eigenvalue weighted by atomic mass is 10.2. The first-order valence-electron chi connectivity index (χ1n) is 9.12. The van der Waals surface area contributed by atoms with Crippen molar-refractivity contribution in [1.82, 2.24) is 24.7 Å². The monoisotopic (exact) mass is 409 g/mol. The molecule has 0 saturated carbocycles. The van der Waals surface area contributed by atoms with Crippen LogP contribution in [0.4, 0.5) is 0 Å². The van der Waals surface area contributed by atoms with Gasteiger partial charge in [0.1, 0.15) is 17.8 Å². The fraction of sp³-hybridized carbons (Fsp3) is 0.200. The molecule has 4 rings (SSSR count). The summed E-state index contributed by atoms with van der Waals surface area (Å²) >= 11 is 1.42. The molecule has 1 N–H and O–H groups in total. The van der Waals surface area contributed by atoms with E-state index in [0.29, 0.717) is 41.0 Å². The van der Waals surface area contributed by atoms with Gasteiger partial charge < -0.3 is 9.47 Å². The van der Waals surface area contributed by atoms with Crippen molar-refractivity contribution >= 4 is 22.7 Å². The maximum atomic E-state index is 13.0. The van der Waals surface area contributed by atoms with Crippen LogP contribution < -0.4 is 15.0 Å². The zero-order valence-electron chi connectivity index (χ0n) is 15.7. The number of para-hydroxylation sites is 1. The third kappa shape index (κ3) is 4.24. The van der Waals surface area contributed by atoms with Gasteiger partial charge in [-0.3, -0.25) is 4.79 Å². The molecule has 0 amide bonds. The summed E-state index contributed by atoms with van der Waals surface area (Å²) in [6.45, 7) is 3.03. The summed E-state index contributed by atoms with van der Waals surface area (Å²) in [5.74, 6) is 2.51. The van der Waals surface area contributed by atoms with Gasteiger partial charge in [-0.15, -0.1) is 0 Å². The number of aromatic amines is 1. The number of ether oxygens (including phenoxy) is 2. The lowest BCUT2D eigenvalue weighted by molar-refractivity contribution is 0.332. The molecule has 0 aliphatic rings. The van der Waals surface area contributed by atoms with E-state index in [-0.39, 0.29) is 5.56 Å². The summed E-state index contributed by atoms with van der Waals surface area (Å²) < 4.78 is 12.6. The minimum Gasteiger partial charge on any atom is -0.494 e. The number of hydrogen-bond donors (Lipinski definition) is 1. The molecule has 4 aromatic rings. The van der Waals surface area contributed by atoms with Crippen LogP contribution in [0.5, 0.6) is 11.5 Å². The molecule has 0 fully saturated rings. The Hall–Kier alpha value is -3.33. The predicted molar refractivity (Wildman–Crippen MR) is 111 cm³/mol. The van der Waals surface area contributed by atoms with E-state index in [4.69, 9.17) is 9.47 Å². The first-order valence-corrected chi connectivity index (χ1v) is 10.1. The third-order valence-electron chi connectivity index (χ3n) is 4.08. The maximum Gasteiger partial charge on any atom is 0.269 e. The molecule has 2 heterocycles. The van der Waals surface area contributed by atoms with Crippen molar-refractivity contribution in [3.63, 3.8) is 0 Å². The molecule has 148 valence electrons. The van der Waals surface area contributed by atoms with Gasteiger partial charge in [-0.1, -0.05) is 23.9 Å². The van der Waals surface area contributed by atoms with Crippen LogP contribution in [-0.2, 0) is 0 Å². The number of thioether (sulfide) groups is 1. The van der Waals surface area contributed by atoms with Gasteiger partial charge in [-0.2, -0.15) is 10.1 Å². The van der Waals surface area contributed by atoms with Crippen molar-refractivity contribution in [2.24, 2.45) is 0 Å². The van der Waals surface area contributed by atoms with Crippen molar-refractivity contribution in [1.29, 1.82) is 0 Å². The van der Waals surface area contributed by atoms with Crippen LogP contribution in [0.25, 0.3) is 16.9 Å². The molecule has 0 aliphatic carbocycles. The number of nitrogens with one attached hydrogen (secondary N) is 1. The number of aromatic nitrogens is 5. The van der Waals surface area contributed by atoms with E-state index < -0.39 is 0 Å². The van der Waals surface area contributed by atoms with Gasteiger partial charge in [0.15, 0.2) is 5.16 Å². The minimum absolute atomic E-state index is 0.192. The Morgan fingerprint density at radius 3 is 2.55 bits per heavy atom. The molecule has 0 radical (unpaired) electrons. The summed E-state index contributed by atoms with van der Waals surface area (Å²) in [6, 6.07) is 14.7. The van der Waals surface area contributed by atoms with E-state index in [1.807, 2.05) is 49.4 Å². The molecule has 0 saturated heterocycles. The Bertz CT molecular complexity index is 1140. The Morgan fingerprint density at radius 2 is 1.83 bits per heavy atom. The third-order valence-corrected chi connectivity index (χ3v) is 4.98. The summed E-state index contributed by atoms with van der Waals surface area (Å²) in [7, 11) is 0. The molecule has 0 aliphatic heterocycles. The number of benzene rings is 2. The highest BCUT2D eigenvalue weighted by atomic mass is 32.2. The lowest BCUT2D eigenvalue weighted by Gasteiger charge is -2.11. The molecule has 2 aromatic carbocycles. The summed E-state index contributed by atoms with van der Waals surface area (Å²) in [6.07, 6.45) is 1.36. The van der Waals surface area contributed by atoms with E-state index in [1.54, 1.807) is 6.07 Å². The van der Waals surface area contributed by atoms with Gasteiger partial charge in [0.05, 0.1) is 24.1 Å². The second kappa shape index (κ2) is 8.78. The molecule has 0 spiro atoms. The SMILES string of the molecule is CCOc1ccc(OCCSc2nc3ccccc3c(=O)n2-c2ncn[nH]2)cc1. The largest absolute Gasteiger partial charge is 0.494 e. The zero-order chi connectivity index (χ0) is 20.1. The number of fused-ring (bicyclic) bond motifs is 1. The topological polar surface area (TPSA) is 94.9 Å². The van der Waals surface area contributed by atoms with Crippen LogP contribution in [0, 0.1) is 0 Å². The molecule has 29 heavy (non-hydrogen) atoms. The Balaban J connectivity index is 1.50. The lowest BCUT2D eigenvalue weighted by Crippen LogP contribution is -2.23. The second-order valence-electron chi connectivity index (χ2n) is 5.96. The van der Waals surface area contributed by atoms with Crippen molar-refractivity contribution in [3.8, 4) is 17.4 Å². The van der Waals surface area contributed by atoms with Crippen LogP contribution >= 0.6 is 11.8 Å². The summed E-state index contributed by atoms with van der Waals surface area (Å²) in [5, 5.41) is 7.64. The van der Waals surface area contributed by atoms with Crippen LogP contribution in [0.15, 0.2) is 64.8 Å². The van der Waals surface area contributed by atoms with E-state index in [0.717, 1.165) is 11.5 Å². The first-order chi connectivity index (χ1) is 14.3. The predicted octanol–water partition coefficient (Wildman–Crippen LogP) is 3.07. The molecule has 0 unspecified atom stereocenters. The van der Waals surface area contributed by atoms with Crippen LogP contribution in [0.3, 0.4) is 0 Å². The maximum absolute atomic E-state index is 13.0. The van der Waals surface area contributed by atoms with Gasteiger partial charge in [-0.05, 0) is 43.3 Å². The van der Waals surface area contributed by atoms with Gasteiger partial charge in [0.25, 0.3) is 5.56 Å². The number of H-pyrrole nitrogens is 1. The number of nitrogens with zero attached hydrogens (tertiary/aromatic N) is 4. The van der Waals surface area contributed by atoms with Gasteiger partial charge >= 0.3 is 0 Å². The van der Waals surface area contributed by atoms with Gasteiger partial charge in [-0.25, -0.2) is 14.6 Å². The first kappa shape index (κ1) is 19.0. The van der Waals surface area contributed by atoms with Crippen LogP contribution in [-0.4, -0.2) is 43.7 Å². The van der Waals surface area contributed by atoms with Gasteiger partial charge in [0.2, 0.25) is 5.95 Å². The van der Waals surface area contributed by atoms with E-state index in [1.165, 1.54) is 22.7 Å². The number of rotatable bonds is 8. The summed E-state index contributed by atoms with van der Waals surface area (Å²) in [5.41, 5.74) is 0.450. The minimum atomic E-state index is -0.192. The highest BCUT2D eigenvalue weighted by molar-refractivity contribution is 7.99. The van der Waals surface area contributed by atoms with E-state index >= 15 is 0 Å². The Morgan fingerprint density at radius 1 is 1.07 bits per heavy atom. The smallest absolute Gasteiger partial charge is 0.269 e. The normalized spacial score (nSPS) is 10.9. The molecular formula is C20H19N5O3S. The van der Waals surface area contributed by atoms with Crippen LogP contribution in [0.2, 0.25) is 0 Å². The Kier molecular flexibility index (Phi) is 5.76. The summed E-state index contributed by atoms with van der Waals surface area (Å²) in [4.78, 5) is 21.7. The number of hydrogen-bond acceptors (Lipinski definition) is 7. The van der Waals surface area contributed by atoms with Crippen molar-refractivity contribution in [2.75, 3.05) is 19.0 Å². The quantitative estimate of drug-likeness (QED) is 0.271. The van der Waals surface area contributed by atoms with Crippen molar-refractivity contribution in [2.45, 2.75) is 12.1 Å². The molecule has 9 heteroatoms. The fourth-order valence-electron chi connectivity index (χ4n) is 2.79. The van der Waals surface area contributed by atoms with Crippen molar-refractivity contribution < 1.29 is 9.47 Å².